The molecule has 0 heterocycles. The van der Waals surface area contributed by atoms with E-state index in [2.05, 4.69) is 31.3 Å². The highest BCUT2D eigenvalue weighted by molar-refractivity contribution is 5.62. The molecule has 2 nitrogen and oxygen atoms in total. The van der Waals surface area contributed by atoms with Crippen molar-refractivity contribution in [2.45, 2.75) is 45.6 Å². The normalized spacial score (nSPS) is 24.1. The van der Waals surface area contributed by atoms with Crippen molar-refractivity contribution < 1.29 is 0 Å². The van der Waals surface area contributed by atoms with Crippen molar-refractivity contribution in [3.05, 3.63) is 29.3 Å². The van der Waals surface area contributed by atoms with Gasteiger partial charge in [-0.1, -0.05) is 31.9 Å². The van der Waals surface area contributed by atoms with Crippen LogP contribution in [-0.4, -0.2) is 6.04 Å². The summed E-state index contributed by atoms with van der Waals surface area (Å²) in [5.74, 6) is 0.802. The molecule has 1 saturated carbocycles. The second-order valence-electron chi connectivity index (χ2n) is 5.22. The van der Waals surface area contributed by atoms with E-state index in [-0.39, 0.29) is 0 Å². The molecule has 2 heteroatoms. The van der Waals surface area contributed by atoms with Gasteiger partial charge in [-0.2, -0.15) is 5.26 Å². The molecule has 0 bridgehead atoms. The van der Waals surface area contributed by atoms with Gasteiger partial charge in [0.05, 0.1) is 11.3 Å². The molecule has 0 aliphatic heterocycles. The van der Waals surface area contributed by atoms with E-state index >= 15 is 0 Å². The van der Waals surface area contributed by atoms with E-state index in [9.17, 15) is 0 Å². The zero-order valence-corrected chi connectivity index (χ0v) is 10.7. The van der Waals surface area contributed by atoms with E-state index in [0.717, 1.165) is 17.2 Å². The molecule has 2 unspecified atom stereocenters. The van der Waals surface area contributed by atoms with E-state index in [0.29, 0.717) is 6.04 Å². The molecule has 17 heavy (non-hydrogen) atoms. The SMILES string of the molecule is Cc1cccc(C#N)c1NC1CCCC(C)C1. The highest BCUT2D eigenvalue weighted by Crippen LogP contribution is 2.28. The first kappa shape index (κ1) is 12.0. The molecule has 0 aromatic heterocycles. The van der Waals surface area contributed by atoms with Crippen molar-refractivity contribution in [2.75, 3.05) is 5.32 Å². The number of nitriles is 1. The predicted octanol–water partition coefficient (Wildman–Crippen LogP) is 3.86. The third kappa shape index (κ3) is 2.79. The third-order valence-corrected chi connectivity index (χ3v) is 3.68. The predicted molar refractivity (Wildman–Crippen MR) is 70.9 cm³/mol. The Labute approximate surface area is 104 Å². The molecule has 90 valence electrons. The number of hydrogen-bond acceptors (Lipinski definition) is 2. The van der Waals surface area contributed by atoms with Gasteiger partial charge in [0, 0.05) is 6.04 Å². The van der Waals surface area contributed by atoms with Crippen molar-refractivity contribution >= 4 is 5.69 Å². The summed E-state index contributed by atoms with van der Waals surface area (Å²) in [6, 6.07) is 8.71. The van der Waals surface area contributed by atoms with Crippen molar-refractivity contribution in [1.82, 2.24) is 0 Å². The van der Waals surface area contributed by atoms with Gasteiger partial charge in [0.2, 0.25) is 0 Å². The average Bonchev–Trinajstić information content (AvgIpc) is 2.32. The van der Waals surface area contributed by atoms with Gasteiger partial charge in [-0.05, 0) is 37.3 Å². The summed E-state index contributed by atoms with van der Waals surface area (Å²) in [6.07, 6.45) is 5.09. The number of nitrogens with one attached hydrogen (secondary N) is 1. The second-order valence-corrected chi connectivity index (χ2v) is 5.22. The van der Waals surface area contributed by atoms with Crippen LogP contribution in [0.1, 0.15) is 43.7 Å². The second kappa shape index (κ2) is 5.23. The summed E-state index contributed by atoms with van der Waals surface area (Å²) in [6.45, 7) is 4.38. The maximum absolute atomic E-state index is 9.13. The molecule has 1 aromatic carbocycles. The molecular weight excluding hydrogens is 208 g/mol. The molecule has 1 N–H and O–H groups in total. The highest BCUT2D eigenvalue weighted by atomic mass is 14.9. The van der Waals surface area contributed by atoms with Gasteiger partial charge in [-0.3, -0.25) is 0 Å². The summed E-state index contributed by atoms with van der Waals surface area (Å²) in [7, 11) is 0. The van der Waals surface area contributed by atoms with E-state index < -0.39 is 0 Å². The van der Waals surface area contributed by atoms with Gasteiger partial charge in [0.15, 0.2) is 0 Å². The summed E-state index contributed by atoms with van der Waals surface area (Å²) in [5.41, 5.74) is 2.97. The minimum absolute atomic E-state index is 0.534. The van der Waals surface area contributed by atoms with Gasteiger partial charge in [-0.25, -0.2) is 0 Å². The van der Waals surface area contributed by atoms with E-state index in [1.165, 1.54) is 31.2 Å². The van der Waals surface area contributed by atoms with E-state index in [1.807, 2.05) is 12.1 Å². The molecule has 0 saturated heterocycles. The largest absolute Gasteiger partial charge is 0.381 e. The Hall–Kier alpha value is -1.49. The molecule has 0 amide bonds. The maximum Gasteiger partial charge on any atom is 0.101 e. The van der Waals surface area contributed by atoms with Crippen molar-refractivity contribution in [1.29, 1.82) is 5.26 Å². The summed E-state index contributed by atoms with van der Waals surface area (Å²) in [4.78, 5) is 0. The maximum atomic E-state index is 9.13. The minimum atomic E-state index is 0.534. The lowest BCUT2D eigenvalue weighted by molar-refractivity contribution is 0.358. The standard InChI is InChI=1S/C15H20N2/c1-11-5-3-8-14(9-11)17-15-12(2)6-4-7-13(15)10-16/h4,6-7,11,14,17H,3,5,8-9H2,1-2H3. The fourth-order valence-electron chi connectivity index (χ4n) is 2.72. The minimum Gasteiger partial charge on any atom is -0.381 e. The first-order valence-electron chi connectivity index (χ1n) is 6.47. The molecule has 0 radical (unpaired) electrons. The number of aryl methyl sites for hydroxylation is 1. The Balaban J connectivity index is 2.15. The van der Waals surface area contributed by atoms with Crippen molar-refractivity contribution in [3.8, 4) is 6.07 Å². The van der Waals surface area contributed by atoms with Crippen LogP contribution in [-0.2, 0) is 0 Å². The molecule has 1 aliphatic carbocycles. The van der Waals surface area contributed by atoms with Crippen LogP contribution in [0.5, 0.6) is 0 Å². The molecule has 1 aliphatic rings. The highest BCUT2D eigenvalue weighted by Gasteiger charge is 2.19. The fourth-order valence-corrected chi connectivity index (χ4v) is 2.72. The molecule has 2 rings (SSSR count). The summed E-state index contributed by atoms with van der Waals surface area (Å²) in [5, 5.41) is 12.7. The zero-order valence-electron chi connectivity index (χ0n) is 10.7. The van der Waals surface area contributed by atoms with Crippen molar-refractivity contribution in [3.63, 3.8) is 0 Å². The van der Waals surface area contributed by atoms with Crippen LogP contribution in [0.4, 0.5) is 5.69 Å². The van der Waals surface area contributed by atoms with Crippen molar-refractivity contribution in [2.24, 2.45) is 5.92 Å². The monoisotopic (exact) mass is 228 g/mol. The number of para-hydroxylation sites is 1. The van der Waals surface area contributed by atoms with E-state index in [4.69, 9.17) is 5.26 Å². The van der Waals surface area contributed by atoms with E-state index in [1.54, 1.807) is 0 Å². The average molecular weight is 228 g/mol. The topological polar surface area (TPSA) is 35.8 Å². The first-order chi connectivity index (χ1) is 8.20. The van der Waals surface area contributed by atoms with Crippen LogP contribution in [0.15, 0.2) is 18.2 Å². The number of nitrogens with zero attached hydrogens (tertiary/aromatic N) is 1. The Morgan fingerprint density at radius 3 is 2.88 bits per heavy atom. The van der Waals surface area contributed by atoms with Crippen LogP contribution < -0.4 is 5.32 Å². The number of rotatable bonds is 2. The Kier molecular flexibility index (Phi) is 3.68. The van der Waals surface area contributed by atoms with Gasteiger partial charge in [0.1, 0.15) is 6.07 Å². The quantitative estimate of drug-likeness (QED) is 0.834. The Bertz CT molecular complexity index is 431. The lowest BCUT2D eigenvalue weighted by atomic mass is 9.86. The smallest absolute Gasteiger partial charge is 0.101 e. The molecule has 2 atom stereocenters. The van der Waals surface area contributed by atoms with Crippen LogP contribution >= 0.6 is 0 Å². The third-order valence-electron chi connectivity index (χ3n) is 3.68. The van der Waals surface area contributed by atoms with Gasteiger partial charge in [0.25, 0.3) is 0 Å². The van der Waals surface area contributed by atoms with Crippen LogP contribution in [0, 0.1) is 24.2 Å². The number of anilines is 1. The van der Waals surface area contributed by atoms with Crippen LogP contribution in [0.3, 0.4) is 0 Å². The molecular formula is C15H20N2. The van der Waals surface area contributed by atoms with Crippen LogP contribution in [0.25, 0.3) is 0 Å². The van der Waals surface area contributed by atoms with Gasteiger partial charge in [-0.15, -0.1) is 0 Å². The van der Waals surface area contributed by atoms with Crippen LogP contribution in [0.2, 0.25) is 0 Å². The van der Waals surface area contributed by atoms with Gasteiger partial charge < -0.3 is 5.32 Å². The number of hydrogen-bond donors (Lipinski definition) is 1. The fraction of sp³-hybridized carbons (Fsp3) is 0.533. The summed E-state index contributed by atoms with van der Waals surface area (Å²) >= 11 is 0. The lowest BCUT2D eigenvalue weighted by Gasteiger charge is -2.29. The molecule has 1 aromatic rings. The van der Waals surface area contributed by atoms with Gasteiger partial charge >= 0.3 is 0 Å². The first-order valence-corrected chi connectivity index (χ1v) is 6.47. The Morgan fingerprint density at radius 2 is 2.18 bits per heavy atom. The molecule has 0 spiro atoms. The Morgan fingerprint density at radius 1 is 1.35 bits per heavy atom. The lowest BCUT2D eigenvalue weighted by Crippen LogP contribution is -2.26. The zero-order chi connectivity index (χ0) is 12.3. The molecule has 1 fully saturated rings. The number of benzene rings is 1. The summed E-state index contributed by atoms with van der Waals surface area (Å²) < 4.78 is 0.